The molecule has 2 aliphatic heterocycles. The molecule has 0 aromatic heterocycles. The fourth-order valence-electron chi connectivity index (χ4n) is 4.64. The topological polar surface area (TPSA) is 46.6 Å². The maximum absolute atomic E-state index is 12.4. The lowest BCUT2D eigenvalue weighted by Gasteiger charge is -2.20. The summed E-state index contributed by atoms with van der Waals surface area (Å²) in [7, 11) is 0. The summed E-state index contributed by atoms with van der Waals surface area (Å²) in [5.41, 5.74) is 0. The van der Waals surface area contributed by atoms with Crippen LogP contribution >= 0.6 is 0 Å². The van der Waals surface area contributed by atoms with Crippen molar-refractivity contribution in [2.75, 3.05) is 13.2 Å². The summed E-state index contributed by atoms with van der Waals surface area (Å²) in [6.45, 7) is 1.28. The quantitative estimate of drug-likeness (QED) is 0.691. The number of amides is 2. The number of hydrogen-bond donors (Lipinski definition) is 0. The monoisotopic (exact) mass is 249 g/mol. The van der Waals surface area contributed by atoms with Gasteiger partial charge in [-0.3, -0.25) is 14.5 Å². The molecule has 98 valence electrons. The Morgan fingerprint density at radius 3 is 2.28 bits per heavy atom. The lowest BCUT2D eigenvalue weighted by molar-refractivity contribution is -0.142. The van der Waals surface area contributed by atoms with Gasteiger partial charge < -0.3 is 4.74 Å². The Hall–Kier alpha value is -0.900. The van der Waals surface area contributed by atoms with Gasteiger partial charge in [-0.25, -0.2) is 0 Å². The zero-order valence-corrected chi connectivity index (χ0v) is 10.5. The summed E-state index contributed by atoms with van der Waals surface area (Å²) >= 11 is 0. The van der Waals surface area contributed by atoms with E-state index in [1.165, 1.54) is 4.90 Å². The molecule has 18 heavy (non-hydrogen) atoms. The second-order valence-corrected chi connectivity index (χ2v) is 6.31. The lowest BCUT2D eigenvalue weighted by atomic mass is 9.81. The van der Waals surface area contributed by atoms with Crippen molar-refractivity contribution in [3.63, 3.8) is 0 Å². The van der Waals surface area contributed by atoms with Crippen LogP contribution < -0.4 is 0 Å². The van der Waals surface area contributed by atoms with E-state index >= 15 is 0 Å². The highest BCUT2D eigenvalue weighted by atomic mass is 16.5. The van der Waals surface area contributed by atoms with Crippen LogP contribution in [0.25, 0.3) is 0 Å². The number of ether oxygens (including phenoxy) is 1. The molecule has 2 bridgehead atoms. The number of likely N-dealkylation sites (tertiary alicyclic amines) is 1. The van der Waals surface area contributed by atoms with Crippen molar-refractivity contribution in [3.05, 3.63) is 0 Å². The standard InChI is InChI=1S/C14H19NO3/c16-13-11-8-3-4-9(6-8)12(11)14(17)15(13)7-10-2-1-5-18-10/h8-12H,1-7H2/t8-,9-,10+,11-,12+/m0/s1. The summed E-state index contributed by atoms with van der Waals surface area (Å²) in [5.74, 6) is 1.24. The molecule has 0 aromatic rings. The van der Waals surface area contributed by atoms with Crippen molar-refractivity contribution in [2.45, 2.75) is 38.2 Å². The van der Waals surface area contributed by atoms with Gasteiger partial charge in [0.15, 0.2) is 0 Å². The van der Waals surface area contributed by atoms with E-state index in [1.807, 2.05) is 0 Å². The molecule has 4 nitrogen and oxygen atoms in total. The minimum atomic E-state index is 0.0256. The highest BCUT2D eigenvalue weighted by Crippen LogP contribution is 2.56. The number of imide groups is 1. The summed E-state index contributed by atoms with van der Waals surface area (Å²) in [5, 5.41) is 0. The van der Waals surface area contributed by atoms with E-state index < -0.39 is 0 Å². The van der Waals surface area contributed by atoms with Gasteiger partial charge >= 0.3 is 0 Å². The van der Waals surface area contributed by atoms with Gasteiger partial charge in [-0.1, -0.05) is 0 Å². The number of carbonyl (C=O) groups is 2. The summed E-state index contributed by atoms with van der Waals surface area (Å²) in [6.07, 6.45) is 5.55. The SMILES string of the molecule is O=C1[C@@H]2[C@H]3CC[C@@H](C3)[C@@H]2C(=O)N1C[C@H]1CCCO1. The van der Waals surface area contributed by atoms with Gasteiger partial charge in [-0.2, -0.15) is 0 Å². The average Bonchev–Trinajstić information content (AvgIpc) is 3.10. The van der Waals surface area contributed by atoms with Crippen molar-refractivity contribution in [3.8, 4) is 0 Å². The fourth-order valence-corrected chi connectivity index (χ4v) is 4.64. The number of nitrogens with zero attached hydrogens (tertiary/aromatic N) is 1. The molecule has 0 unspecified atom stereocenters. The van der Waals surface area contributed by atoms with E-state index in [2.05, 4.69) is 0 Å². The Balaban J connectivity index is 1.55. The molecule has 5 atom stereocenters. The third-order valence-electron chi connectivity index (χ3n) is 5.43. The first-order valence-electron chi connectivity index (χ1n) is 7.22. The van der Waals surface area contributed by atoms with Crippen LogP contribution in [0, 0.1) is 23.7 Å². The minimum absolute atomic E-state index is 0.0256. The molecular weight excluding hydrogens is 230 g/mol. The van der Waals surface area contributed by atoms with Crippen LogP contribution in [0.2, 0.25) is 0 Å². The lowest BCUT2D eigenvalue weighted by Crippen LogP contribution is -2.38. The molecule has 0 spiro atoms. The number of hydrogen-bond acceptors (Lipinski definition) is 3. The van der Waals surface area contributed by atoms with Crippen LogP contribution in [0.1, 0.15) is 32.1 Å². The van der Waals surface area contributed by atoms with E-state index in [9.17, 15) is 9.59 Å². The average molecular weight is 249 g/mol. The van der Waals surface area contributed by atoms with Gasteiger partial charge in [0.1, 0.15) is 0 Å². The second kappa shape index (κ2) is 3.80. The third kappa shape index (κ3) is 1.35. The maximum Gasteiger partial charge on any atom is 0.233 e. The number of fused-ring (bicyclic) bond motifs is 5. The van der Waals surface area contributed by atoms with E-state index in [1.54, 1.807) is 0 Å². The second-order valence-electron chi connectivity index (χ2n) is 6.31. The van der Waals surface area contributed by atoms with E-state index in [4.69, 9.17) is 4.74 Å². The molecule has 2 aliphatic carbocycles. The molecule has 2 amide bonds. The Kier molecular flexibility index (Phi) is 2.31. The molecule has 4 rings (SSSR count). The summed E-state index contributed by atoms with van der Waals surface area (Å²) in [4.78, 5) is 26.4. The molecule has 2 saturated heterocycles. The predicted octanol–water partition coefficient (Wildman–Crippen LogP) is 1.20. The van der Waals surface area contributed by atoms with Crippen molar-refractivity contribution in [1.29, 1.82) is 0 Å². The molecule has 0 aromatic carbocycles. The molecule has 2 saturated carbocycles. The molecule has 0 N–H and O–H groups in total. The van der Waals surface area contributed by atoms with Gasteiger partial charge in [0, 0.05) is 6.61 Å². The molecular formula is C14H19NO3. The van der Waals surface area contributed by atoms with Crippen LogP contribution in [0.15, 0.2) is 0 Å². The van der Waals surface area contributed by atoms with Crippen LogP contribution in [-0.2, 0) is 14.3 Å². The predicted molar refractivity (Wildman–Crippen MR) is 63.5 cm³/mol. The van der Waals surface area contributed by atoms with Crippen LogP contribution in [0.4, 0.5) is 0 Å². The van der Waals surface area contributed by atoms with E-state index in [0.29, 0.717) is 18.4 Å². The van der Waals surface area contributed by atoms with Crippen molar-refractivity contribution >= 4 is 11.8 Å². The van der Waals surface area contributed by atoms with Crippen molar-refractivity contribution < 1.29 is 14.3 Å². The van der Waals surface area contributed by atoms with Crippen molar-refractivity contribution in [1.82, 2.24) is 4.90 Å². The smallest absolute Gasteiger partial charge is 0.233 e. The first-order chi connectivity index (χ1) is 8.75. The Labute approximate surface area is 107 Å². The Morgan fingerprint density at radius 1 is 1.06 bits per heavy atom. The van der Waals surface area contributed by atoms with Crippen molar-refractivity contribution in [2.24, 2.45) is 23.7 Å². The first kappa shape index (κ1) is 11.0. The Bertz CT molecular complexity index is 374. The molecule has 0 radical (unpaired) electrons. The maximum atomic E-state index is 12.4. The largest absolute Gasteiger partial charge is 0.376 e. The fraction of sp³-hybridized carbons (Fsp3) is 0.857. The van der Waals surface area contributed by atoms with Gasteiger partial charge in [-0.15, -0.1) is 0 Å². The minimum Gasteiger partial charge on any atom is -0.376 e. The molecule has 4 aliphatic rings. The van der Waals surface area contributed by atoms with Crippen LogP contribution in [0.5, 0.6) is 0 Å². The molecule has 2 heterocycles. The Morgan fingerprint density at radius 2 is 1.72 bits per heavy atom. The number of carbonyl (C=O) groups excluding carboxylic acids is 2. The van der Waals surface area contributed by atoms with Gasteiger partial charge in [-0.05, 0) is 43.9 Å². The van der Waals surface area contributed by atoms with Gasteiger partial charge in [0.2, 0.25) is 11.8 Å². The van der Waals surface area contributed by atoms with Crippen LogP contribution in [0.3, 0.4) is 0 Å². The number of rotatable bonds is 2. The highest BCUT2D eigenvalue weighted by molar-refractivity contribution is 6.06. The zero-order valence-electron chi connectivity index (χ0n) is 10.5. The van der Waals surface area contributed by atoms with E-state index in [0.717, 1.165) is 38.7 Å². The molecule has 4 fully saturated rings. The summed E-state index contributed by atoms with van der Waals surface area (Å²) < 4.78 is 5.56. The zero-order chi connectivity index (χ0) is 12.3. The first-order valence-corrected chi connectivity index (χ1v) is 7.22. The summed E-state index contributed by atoms with van der Waals surface area (Å²) in [6, 6.07) is 0. The van der Waals surface area contributed by atoms with Crippen LogP contribution in [-0.4, -0.2) is 36.0 Å². The highest BCUT2D eigenvalue weighted by Gasteiger charge is 2.60. The van der Waals surface area contributed by atoms with Gasteiger partial charge in [0.25, 0.3) is 0 Å². The normalized spacial score (nSPS) is 46.2. The molecule has 4 heteroatoms. The van der Waals surface area contributed by atoms with Gasteiger partial charge in [0.05, 0.1) is 24.5 Å². The van der Waals surface area contributed by atoms with E-state index in [-0.39, 0.29) is 29.8 Å². The third-order valence-corrected chi connectivity index (χ3v) is 5.43.